The maximum atomic E-state index is 11.7. The van der Waals surface area contributed by atoms with Gasteiger partial charge in [-0.1, -0.05) is 0 Å². The van der Waals surface area contributed by atoms with Gasteiger partial charge in [0.2, 0.25) is 0 Å². The first-order valence-corrected chi connectivity index (χ1v) is 6.17. The van der Waals surface area contributed by atoms with Crippen molar-refractivity contribution in [2.45, 2.75) is 6.92 Å². The monoisotopic (exact) mass is 297 g/mol. The van der Waals surface area contributed by atoms with Crippen molar-refractivity contribution in [2.24, 2.45) is 0 Å². The summed E-state index contributed by atoms with van der Waals surface area (Å²) in [4.78, 5) is 19.9. The van der Waals surface area contributed by atoms with Crippen LogP contribution in [0.1, 0.15) is 16.2 Å². The van der Waals surface area contributed by atoms with E-state index in [1.165, 1.54) is 11.3 Å². The van der Waals surface area contributed by atoms with Crippen LogP contribution >= 0.6 is 27.3 Å². The highest BCUT2D eigenvalue weighted by Crippen LogP contribution is 2.15. The number of rotatable bonds is 2. The Labute approximate surface area is 105 Å². The first-order chi connectivity index (χ1) is 7.65. The quantitative estimate of drug-likeness (QED) is 0.927. The van der Waals surface area contributed by atoms with Crippen molar-refractivity contribution in [1.29, 1.82) is 0 Å². The molecular formula is C10H8BrN3OS. The third-order valence-corrected chi connectivity index (χ3v) is 3.14. The van der Waals surface area contributed by atoms with E-state index in [1.54, 1.807) is 18.3 Å². The molecule has 0 aliphatic heterocycles. The van der Waals surface area contributed by atoms with Crippen molar-refractivity contribution < 1.29 is 4.79 Å². The average Bonchev–Trinajstić information content (AvgIpc) is 2.65. The molecule has 1 N–H and O–H groups in total. The average molecular weight is 298 g/mol. The van der Waals surface area contributed by atoms with Gasteiger partial charge in [0, 0.05) is 16.0 Å². The summed E-state index contributed by atoms with van der Waals surface area (Å²) < 4.78 is 0.842. The Morgan fingerprint density at radius 1 is 1.50 bits per heavy atom. The molecule has 0 fully saturated rings. The number of carbonyl (C=O) groups is 1. The lowest BCUT2D eigenvalue weighted by molar-refractivity contribution is 0.102. The zero-order valence-electron chi connectivity index (χ0n) is 8.40. The Morgan fingerprint density at radius 2 is 2.31 bits per heavy atom. The zero-order valence-corrected chi connectivity index (χ0v) is 10.8. The van der Waals surface area contributed by atoms with Crippen LogP contribution in [0, 0.1) is 6.92 Å². The third kappa shape index (κ3) is 2.65. The number of carbonyl (C=O) groups excluding carboxylic acids is 1. The number of pyridine rings is 1. The number of aryl methyl sites for hydroxylation is 1. The molecule has 0 aliphatic rings. The maximum Gasteiger partial charge on any atom is 0.276 e. The normalized spacial score (nSPS) is 10.1. The molecule has 2 aromatic heterocycles. The predicted molar refractivity (Wildman–Crippen MR) is 66.7 cm³/mol. The van der Waals surface area contributed by atoms with Crippen molar-refractivity contribution in [2.75, 3.05) is 5.32 Å². The highest BCUT2D eigenvalue weighted by Gasteiger charge is 2.08. The summed E-state index contributed by atoms with van der Waals surface area (Å²) in [6.07, 6.45) is 1.59. The van der Waals surface area contributed by atoms with Crippen LogP contribution in [0.25, 0.3) is 0 Å². The molecule has 6 heteroatoms. The van der Waals surface area contributed by atoms with E-state index in [0.29, 0.717) is 10.8 Å². The largest absolute Gasteiger partial charge is 0.296 e. The Bertz CT molecular complexity index is 509. The van der Waals surface area contributed by atoms with Gasteiger partial charge in [0.25, 0.3) is 5.91 Å². The van der Waals surface area contributed by atoms with Crippen LogP contribution in [0.2, 0.25) is 0 Å². The van der Waals surface area contributed by atoms with Crippen LogP contribution in [-0.2, 0) is 0 Å². The van der Waals surface area contributed by atoms with Crippen molar-refractivity contribution in [3.63, 3.8) is 0 Å². The standard InChI is InChI=1S/C10H8BrN3OS/c1-6-5-16-10(13-6)14-9(15)8-3-2-7(11)4-12-8/h2-5H,1H3,(H,13,14,15). The van der Waals surface area contributed by atoms with Crippen LogP contribution < -0.4 is 5.32 Å². The molecule has 82 valence electrons. The molecule has 1 amide bonds. The summed E-state index contributed by atoms with van der Waals surface area (Å²) in [5.41, 5.74) is 1.26. The molecule has 0 aliphatic carbocycles. The van der Waals surface area contributed by atoms with E-state index < -0.39 is 0 Å². The minimum atomic E-state index is -0.248. The minimum Gasteiger partial charge on any atom is -0.296 e. The van der Waals surface area contributed by atoms with Crippen LogP contribution in [0.5, 0.6) is 0 Å². The van der Waals surface area contributed by atoms with E-state index in [-0.39, 0.29) is 5.91 Å². The zero-order chi connectivity index (χ0) is 11.5. The molecule has 2 rings (SSSR count). The molecule has 0 bridgehead atoms. The van der Waals surface area contributed by atoms with Gasteiger partial charge in [-0.3, -0.25) is 10.1 Å². The van der Waals surface area contributed by atoms with E-state index >= 15 is 0 Å². The Kier molecular flexibility index (Phi) is 3.31. The van der Waals surface area contributed by atoms with Crippen molar-refractivity contribution in [1.82, 2.24) is 9.97 Å². The third-order valence-electron chi connectivity index (χ3n) is 1.80. The van der Waals surface area contributed by atoms with E-state index in [2.05, 4.69) is 31.2 Å². The summed E-state index contributed by atoms with van der Waals surface area (Å²) in [6.45, 7) is 1.88. The molecule has 2 aromatic rings. The number of amides is 1. The van der Waals surface area contributed by atoms with Gasteiger partial charge in [0.15, 0.2) is 5.13 Å². The van der Waals surface area contributed by atoms with Gasteiger partial charge in [-0.25, -0.2) is 9.97 Å². The number of hydrogen-bond donors (Lipinski definition) is 1. The lowest BCUT2D eigenvalue weighted by Gasteiger charge is -2.00. The fourth-order valence-electron chi connectivity index (χ4n) is 1.08. The van der Waals surface area contributed by atoms with Crippen molar-refractivity contribution >= 4 is 38.3 Å². The van der Waals surface area contributed by atoms with Gasteiger partial charge >= 0.3 is 0 Å². The van der Waals surface area contributed by atoms with E-state index in [0.717, 1.165) is 10.2 Å². The molecule has 16 heavy (non-hydrogen) atoms. The van der Waals surface area contributed by atoms with Gasteiger partial charge < -0.3 is 0 Å². The molecule has 0 spiro atoms. The van der Waals surface area contributed by atoms with Gasteiger partial charge in [0.05, 0.1) is 5.69 Å². The molecular weight excluding hydrogens is 290 g/mol. The molecule has 0 unspecified atom stereocenters. The first-order valence-electron chi connectivity index (χ1n) is 4.50. The summed E-state index contributed by atoms with van der Waals surface area (Å²) in [5, 5.41) is 5.16. The van der Waals surface area contributed by atoms with Gasteiger partial charge in [-0.15, -0.1) is 11.3 Å². The fraction of sp³-hybridized carbons (Fsp3) is 0.100. The molecule has 0 radical (unpaired) electrons. The van der Waals surface area contributed by atoms with Crippen LogP contribution in [0.4, 0.5) is 5.13 Å². The highest BCUT2D eigenvalue weighted by atomic mass is 79.9. The first kappa shape index (κ1) is 11.2. The summed E-state index contributed by atoms with van der Waals surface area (Å²) in [5.74, 6) is -0.248. The molecule has 4 nitrogen and oxygen atoms in total. The van der Waals surface area contributed by atoms with E-state index in [9.17, 15) is 4.79 Å². The smallest absolute Gasteiger partial charge is 0.276 e. The van der Waals surface area contributed by atoms with Crippen LogP contribution in [-0.4, -0.2) is 15.9 Å². The van der Waals surface area contributed by atoms with Gasteiger partial charge in [-0.05, 0) is 35.0 Å². The molecule has 0 aromatic carbocycles. The van der Waals surface area contributed by atoms with E-state index in [4.69, 9.17) is 0 Å². The Hall–Kier alpha value is -1.27. The molecule has 2 heterocycles. The van der Waals surface area contributed by atoms with Crippen molar-refractivity contribution in [3.05, 3.63) is 39.6 Å². The minimum absolute atomic E-state index is 0.248. The molecule has 0 saturated carbocycles. The van der Waals surface area contributed by atoms with Crippen LogP contribution in [0.3, 0.4) is 0 Å². The Morgan fingerprint density at radius 3 is 2.88 bits per heavy atom. The number of nitrogens with one attached hydrogen (secondary N) is 1. The number of hydrogen-bond acceptors (Lipinski definition) is 4. The highest BCUT2D eigenvalue weighted by molar-refractivity contribution is 9.10. The SMILES string of the molecule is Cc1csc(NC(=O)c2ccc(Br)cn2)n1. The number of anilines is 1. The van der Waals surface area contributed by atoms with Crippen LogP contribution in [0.15, 0.2) is 28.2 Å². The summed E-state index contributed by atoms with van der Waals surface area (Å²) >= 11 is 4.66. The Balaban J connectivity index is 2.11. The van der Waals surface area contributed by atoms with Gasteiger partial charge in [-0.2, -0.15) is 0 Å². The fourth-order valence-corrected chi connectivity index (χ4v) is 2.00. The molecule has 0 saturated heterocycles. The van der Waals surface area contributed by atoms with Crippen molar-refractivity contribution in [3.8, 4) is 0 Å². The van der Waals surface area contributed by atoms with Gasteiger partial charge in [0.1, 0.15) is 5.69 Å². The number of halogens is 1. The number of thiazole rings is 1. The molecule has 0 atom stereocenters. The maximum absolute atomic E-state index is 11.7. The number of nitrogens with zero attached hydrogens (tertiary/aromatic N) is 2. The second kappa shape index (κ2) is 4.71. The lowest BCUT2D eigenvalue weighted by Crippen LogP contribution is -2.13. The van der Waals surface area contributed by atoms with E-state index in [1.807, 2.05) is 12.3 Å². The number of aromatic nitrogens is 2. The predicted octanol–water partition coefficient (Wildman–Crippen LogP) is 2.86. The second-order valence-electron chi connectivity index (χ2n) is 3.11. The second-order valence-corrected chi connectivity index (χ2v) is 4.88. The summed E-state index contributed by atoms with van der Waals surface area (Å²) in [6, 6.07) is 3.43. The topological polar surface area (TPSA) is 54.9 Å². The lowest BCUT2D eigenvalue weighted by atomic mass is 10.3. The summed E-state index contributed by atoms with van der Waals surface area (Å²) in [7, 11) is 0.